The Kier molecular flexibility index (Phi) is 10.4. The van der Waals surface area contributed by atoms with Crippen LogP contribution in [0.3, 0.4) is 0 Å². The van der Waals surface area contributed by atoms with Gasteiger partial charge in [0, 0.05) is 6.08 Å². The summed E-state index contributed by atoms with van der Waals surface area (Å²) in [6.45, 7) is 15.2. The Balaban J connectivity index is 2.68. The molecule has 0 spiro atoms. The lowest BCUT2D eigenvalue weighted by Gasteiger charge is -2.32. The van der Waals surface area contributed by atoms with Crippen LogP contribution in [-0.4, -0.2) is 12.6 Å². The van der Waals surface area contributed by atoms with Gasteiger partial charge in [-0.1, -0.05) is 79.2 Å². The van der Waals surface area contributed by atoms with Crippen molar-refractivity contribution in [3.05, 3.63) is 82.5 Å². The molecule has 2 nitrogen and oxygen atoms in total. The highest BCUT2D eigenvalue weighted by Crippen LogP contribution is 2.40. The number of ether oxygens (including phenoxy) is 1. The number of hydrogen-bond acceptors (Lipinski definition) is 2. The van der Waals surface area contributed by atoms with E-state index < -0.39 is 0 Å². The first kappa shape index (κ1) is 24.7. The maximum Gasteiger partial charge on any atom is 0.330 e. The summed E-state index contributed by atoms with van der Waals surface area (Å²) in [5.41, 5.74) is 6.55. The summed E-state index contributed by atoms with van der Waals surface area (Å²) in [6.07, 6.45) is 22.0. The van der Waals surface area contributed by atoms with Crippen molar-refractivity contribution in [2.45, 2.75) is 67.7 Å². The minimum Gasteiger partial charge on any atom is -0.463 e. The van der Waals surface area contributed by atoms with E-state index in [1.54, 1.807) is 6.92 Å². The maximum atomic E-state index is 11.4. The molecule has 2 heteroatoms. The molecule has 0 N–H and O–H groups in total. The zero-order valence-electron chi connectivity index (χ0n) is 19.3. The largest absolute Gasteiger partial charge is 0.463 e. The molecular formula is C27H38O2. The first-order chi connectivity index (χ1) is 13.7. The Labute approximate surface area is 178 Å². The molecule has 0 heterocycles. The van der Waals surface area contributed by atoms with Crippen LogP contribution >= 0.6 is 0 Å². The SMILES string of the molecule is CCOC(=O)/C=C(C)/C=C/C=C(C)/C=C/C=C(C)/C=C/C1=C(C)CCCC1(C)C. The molecule has 0 aromatic carbocycles. The minimum absolute atomic E-state index is 0.278. The van der Waals surface area contributed by atoms with Gasteiger partial charge in [-0.05, 0) is 70.4 Å². The first-order valence-electron chi connectivity index (χ1n) is 10.6. The molecule has 0 bridgehead atoms. The molecule has 0 amide bonds. The van der Waals surface area contributed by atoms with Crippen molar-refractivity contribution in [2.75, 3.05) is 6.61 Å². The fourth-order valence-electron chi connectivity index (χ4n) is 3.46. The zero-order valence-corrected chi connectivity index (χ0v) is 19.3. The van der Waals surface area contributed by atoms with Crippen LogP contribution in [-0.2, 0) is 9.53 Å². The maximum absolute atomic E-state index is 11.4. The monoisotopic (exact) mass is 394 g/mol. The summed E-state index contributed by atoms with van der Waals surface area (Å²) in [4.78, 5) is 11.4. The van der Waals surface area contributed by atoms with Gasteiger partial charge in [-0.2, -0.15) is 0 Å². The summed E-state index contributed by atoms with van der Waals surface area (Å²) in [7, 11) is 0. The highest BCUT2D eigenvalue weighted by molar-refractivity contribution is 5.83. The molecule has 158 valence electrons. The number of carbonyl (C=O) groups is 1. The molecule has 0 atom stereocenters. The van der Waals surface area contributed by atoms with Crippen molar-refractivity contribution in [3.8, 4) is 0 Å². The van der Waals surface area contributed by atoms with Gasteiger partial charge in [0.25, 0.3) is 0 Å². The van der Waals surface area contributed by atoms with Crippen molar-refractivity contribution in [2.24, 2.45) is 5.41 Å². The Morgan fingerprint density at radius 1 is 1.00 bits per heavy atom. The molecule has 0 aromatic heterocycles. The van der Waals surface area contributed by atoms with E-state index in [9.17, 15) is 4.79 Å². The fraction of sp³-hybridized carbons (Fsp3) is 0.444. The topological polar surface area (TPSA) is 26.3 Å². The van der Waals surface area contributed by atoms with Gasteiger partial charge in [0.2, 0.25) is 0 Å². The van der Waals surface area contributed by atoms with Crippen LogP contribution in [0.15, 0.2) is 82.5 Å². The van der Waals surface area contributed by atoms with Crippen LogP contribution in [0, 0.1) is 5.41 Å². The van der Waals surface area contributed by atoms with Crippen LogP contribution in [0.4, 0.5) is 0 Å². The molecule has 1 aliphatic carbocycles. The molecule has 0 saturated heterocycles. The lowest BCUT2D eigenvalue weighted by molar-refractivity contribution is -0.137. The second-order valence-electron chi connectivity index (χ2n) is 8.44. The van der Waals surface area contributed by atoms with E-state index in [2.05, 4.69) is 65.0 Å². The summed E-state index contributed by atoms with van der Waals surface area (Å²) in [5.74, 6) is -0.300. The molecule has 0 aromatic rings. The summed E-state index contributed by atoms with van der Waals surface area (Å²) < 4.78 is 4.90. The highest BCUT2D eigenvalue weighted by Gasteiger charge is 2.26. The second kappa shape index (κ2) is 12.3. The minimum atomic E-state index is -0.300. The number of hydrogen-bond donors (Lipinski definition) is 0. The van der Waals surface area contributed by atoms with Crippen molar-refractivity contribution >= 4 is 5.97 Å². The van der Waals surface area contributed by atoms with Crippen LogP contribution in [0.5, 0.6) is 0 Å². The zero-order chi connectivity index (χ0) is 21.9. The number of rotatable bonds is 8. The normalized spacial score (nSPS) is 19.1. The predicted molar refractivity (Wildman–Crippen MR) is 126 cm³/mol. The highest BCUT2D eigenvalue weighted by atomic mass is 16.5. The average Bonchev–Trinajstić information content (AvgIpc) is 2.60. The van der Waals surface area contributed by atoms with Crippen molar-refractivity contribution in [3.63, 3.8) is 0 Å². The third-order valence-corrected chi connectivity index (χ3v) is 5.12. The Bertz CT molecular complexity index is 777. The van der Waals surface area contributed by atoms with Gasteiger partial charge < -0.3 is 4.74 Å². The van der Waals surface area contributed by atoms with Crippen molar-refractivity contribution < 1.29 is 9.53 Å². The summed E-state index contributed by atoms with van der Waals surface area (Å²) in [5, 5.41) is 0. The molecular weight excluding hydrogens is 356 g/mol. The quantitative estimate of drug-likeness (QED) is 0.241. The fourth-order valence-corrected chi connectivity index (χ4v) is 3.46. The van der Waals surface area contributed by atoms with E-state index >= 15 is 0 Å². The van der Waals surface area contributed by atoms with Gasteiger partial charge in [-0.25, -0.2) is 4.79 Å². The van der Waals surface area contributed by atoms with Gasteiger partial charge >= 0.3 is 5.97 Å². The Morgan fingerprint density at radius 2 is 1.59 bits per heavy atom. The summed E-state index contributed by atoms with van der Waals surface area (Å²) in [6, 6.07) is 0. The van der Waals surface area contributed by atoms with Crippen LogP contribution in [0.2, 0.25) is 0 Å². The average molecular weight is 395 g/mol. The summed E-state index contributed by atoms with van der Waals surface area (Å²) >= 11 is 0. The predicted octanol–water partition coefficient (Wildman–Crippen LogP) is 7.58. The Hall–Kier alpha value is -2.35. The van der Waals surface area contributed by atoms with E-state index in [1.807, 2.05) is 25.2 Å². The lowest BCUT2D eigenvalue weighted by Crippen LogP contribution is -2.19. The molecule has 29 heavy (non-hydrogen) atoms. The molecule has 0 saturated carbocycles. The molecule has 0 aliphatic heterocycles. The van der Waals surface area contributed by atoms with Gasteiger partial charge in [0.1, 0.15) is 0 Å². The van der Waals surface area contributed by atoms with E-state index in [-0.39, 0.29) is 11.4 Å². The van der Waals surface area contributed by atoms with Crippen LogP contribution < -0.4 is 0 Å². The van der Waals surface area contributed by atoms with Crippen LogP contribution in [0.25, 0.3) is 0 Å². The van der Waals surface area contributed by atoms with Crippen LogP contribution in [0.1, 0.15) is 67.7 Å². The second-order valence-corrected chi connectivity index (χ2v) is 8.44. The first-order valence-corrected chi connectivity index (χ1v) is 10.6. The molecule has 1 rings (SSSR count). The lowest BCUT2D eigenvalue weighted by atomic mass is 9.72. The third-order valence-electron chi connectivity index (χ3n) is 5.12. The van der Waals surface area contributed by atoms with Gasteiger partial charge in [0.15, 0.2) is 0 Å². The van der Waals surface area contributed by atoms with E-state index in [1.165, 1.54) is 42.1 Å². The molecule has 0 unspecified atom stereocenters. The van der Waals surface area contributed by atoms with E-state index in [0.29, 0.717) is 6.61 Å². The van der Waals surface area contributed by atoms with Crippen molar-refractivity contribution in [1.82, 2.24) is 0 Å². The van der Waals surface area contributed by atoms with Crippen molar-refractivity contribution in [1.29, 1.82) is 0 Å². The third kappa shape index (κ3) is 9.60. The standard InChI is InChI=1S/C27H38O2/c1-8-29-26(28)20-23(4)15-10-13-21(2)12-9-14-22(3)17-18-25-24(5)16-11-19-27(25,6)7/h9-10,12-15,17-18,20H,8,11,16,19H2,1-7H3/b12-9+,15-10+,18-17+,21-13+,22-14+,23-20+. The Morgan fingerprint density at radius 3 is 2.17 bits per heavy atom. The number of esters is 1. The molecule has 0 fully saturated rings. The molecule has 0 radical (unpaired) electrons. The van der Waals surface area contributed by atoms with E-state index in [0.717, 1.165) is 11.1 Å². The smallest absolute Gasteiger partial charge is 0.330 e. The van der Waals surface area contributed by atoms with Gasteiger partial charge in [-0.15, -0.1) is 0 Å². The molecule has 1 aliphatic rings. The van der Waals surface area contributed by atoms with Gasteiger partial charge in [0.05, 0.1) is 6.61 Å². The van der Waals surface area contributed by atoms with E-state index in [4.69, 9.17) is 4.74 Å². The van der Waals surface area contributed by atoms with Gasteiger partial charge in [-0.3, -0.25) is 0 Å². The number of allylic oxidation sites excluding steroid dienone is 13. The number of carbonyl (C=O) groups excluding carboxylic acids is 1.